The minimum atomic E-state index is -0.121. The van der Waals surface area contributed by atoms with Crippen LogP contribution in [0.15, 0.2) is 28.0 Å². The molecule has 0 saturated heterocycles. The molecule has 1 aliphatic carbocycles. The second kappa shape index (κ2) is 7.03. The molecule has 8 heteroatoms. The number of hydrogen-bond donors (Lipinski definition) is 1. The van der Waals surface area contributed by atoms with Crippen LogP contribution in [0.1, 0.15) is 43.0 Å². The Kier molecular flexibility index (Phi) is 4.58. The van der Waals surface area contributed by atoms with Gasteiger partial charge in [-0.1, -0.05) is 0 Å². The second-order valence-electron chi connectivity index (χ2n) is 7.04. The average Bonchev–Trinajstić information content (AvgIpc) is 2.66. The fraction of sp³-hybridized carbons (Fsp3) is 0.556. The van der Waals surface area contributed by atoms with Crippen LogP contribution in [0.25, 0.3) is 0 Å². The van der Waals surface area contributed by atoms with E-state index in [1.54, 1.807) is 30.2 Å². The third-order valence-electron chi connectivity index (χ3n) is 5.26. The number of ether oxygens (including phenoxy) is 1. The van der Waals surface area contributed by atoms with Crippen molar-refractivity contribution in [1.29, 1.82) is 0 Å². The van der Waals surface area contributed by atoms with Crippen molar-refractivity contribution in [2.75, 3.05) is 11.9 Å². The number of aryl methyl sites for hydroxylation is 1. The van der Waals surface area contributed by atoms with E-state index < -0.39 is 0 Å². The first kappa shape index (κ1) is 17.0. The first-order valence-corrected chi connectivity index (χ1v) is 9.09. The van der Waals surface area contributed by atoms with Gasteiger partial charge in [-0.25, -0.2) is 9.67 Å². The van der Waals surface area contributed by atoms with E-state index >= 15 is 0 Å². The van der Waals surface area contributed by atoms with Crippen molar-refractivity contribution in [3.63, 3.8) is 0 Å². The maximum atomic E-state index is 12.4. The molecule has 0 spiro atoms. The summed E-state index contributed by atoms with van der Waals surface area (Å²) in [4.78, 5) is 28.7. The molecule has 4 rings (SSSR count). The van der Waals surface area contributed by atoms with Gasteiger partial charge >= 0.3 is 0 Å². The molecule has 138 valence electrons. The largest absolute Gasteiger partial charge is 0.376 e. The van der Waals surface area contributed by atoms with E-state index in [1.165, 1.54) is 4.57 Å². The van der Waals surface area contributed by atoms with Crippen LogP contribution in [-0.4, -0.2) is 32.0 Å². The summed E-state index contributed by atoms with van der Waals surface area (Å²) in [7, 11) is 1.71. The van der Waals surface area contributed by atoms with E-state index in [-0.39, 0.29) is 23.2 Å². The van der Waals surface area contributed by atoms with Gasteiger partial charge in [-0.05, 0) is 25.7 Å². The van der Waals surface area contributed by atoms with E-state index in [0.717, 1.165) is 43.4 Å². The number of fused-ring (bicyclic) bond motifs is 1. The molecule has 1 fully saturated rings. The number of hydrogen-bond acceptors (Lipinski definition) is 6. The average molecular weight is 357 g/mol. The third-order valence-corrected chi connectivity index (χ3v) is 5.26. The van der Waals surface area contributed by atoms with Crippen LogP contribution in [0.3, 0.4) is 0 Å². The van der Waals surface area contributed by atoms with Gasteiger partial charge in [-0.2, -0.15) is 5.10 Å². The molecule has 8 nitrogen and oxygen atoms in total. The minimum Gasteiger partial charge on any atom is -0.376 e. The molecule has 2 aromatic rings. The highest BCUT2D eigenvalue weighted by Gasteiger charge is 2.25. The van der Waals surface area contributed by atoms with Crippen molar-refractivity contribution < 1.29 is 4.74 Å². The van der Waals surface area contributed by atoms with Gasteiger partial charge in [0.05, 0.1) is 24.9 Å². The lowest BCUT2D eigenvalue weighted by Crippen LogP contribution is -2.36. The lowest BCUT2D eigenvalue weighted by Gasteiger charge is -2.30. The molecule has 0 bridgehead atoms. The summed E-state index contributed by atoms with van der Waals surface area (Å²) in [6, 6.07) is 1.97. The Balaban J connectivity index is 1.45. The van der Waals surface area contributed by atoms with Gasteiger partial charge in [-0.3, -0.25) is 9.59 Å². The molecular weight excluding hydrogens is 334 g/mol. The number of anilines is 1. The summed E-state index contributed by atoms with van der Waals surface area (Å²) in [5.74, 6) is 0.391. The van der Waals surface area contributed by atoms with Gasteiger partial charge in [0.2, 0.25) is 0 Å². The Morgan fingerprint density at radius 1 is 1.23 bits per heavy atom. The highest BCUT2D eigenvalue weighted by molar-refractivity contribution is 5.32. The van der Waals surface area contributed by atoms with E-state index in [4.69, 9.17) is 4.74 Å². The van der Waals surface area contributed by atoms with Gasteiger partial charge in [0.15, 0.2) is 5.82 Å². The lowest BCUT2D eigenvalue weighted by atomic mass is 9.91. The molecule has 2 aliphatic rings. The summed E-state index contributed by atoms with van der Waals surface area (Å²) in [6.07, 6.45) is 7.48. The number of rotatable bonds is 3. The van der Waals surface area contributed by atoms with Crippen LogP contribution in [-0.2, 0) is 24.8 Å². The minimum absolute atomic E-state index is 0.0516. The van der Waals surface area contributed by atoms with Crippen molar-refractivity contribution in [1.82, 2.24) is 19.3 Å². The molecule has 1 aliphatic heterocycles. The Morgan fingerprint density at radius 2 is 2.04 bits per heavy atom. The van der Waals surface area contributed by atoms with Crippen LogP contribution in [0.2, 0.25) is 0 Å². The van der Waals surface area contributed by atoms with Crippen LogP contribution in [0.4, 0.5) is 5.82 Å². The van der Waals surface area contributed by atoms with Crippen molar-refractivity contribution >= 4 is 5.82 Å². The summed E-state index contributed by atoms with van der Waals surface area (Å²) >= 11 is 0. The molecule has 2 aromatic heterocycles. The predicted molar refractivity (Wildman–Crippen MR) is 96.3 cm³/mol. The molecule has 26 heavy (non-hydrogen) atoms. The SMILES string of the molecule is Cn1ccnc(NC2CCC(n3nc4c(cc3=O)COCC4)CC2)c1=O. The molecule has 0 aromatic carbocycles. The first-order valence-electron chi connectivity index (χ1n) is 9.09. The van der Waals surface area contributed by atoms with Crippen molar-refractivity contribution in [3.05, 3.63) is 50.4 Å². The van der Waals surface area contributed by atoms with Gasteiger partial charge in [0.25, 0.3) is 11.1 Å². The number of nitrogens with one attached hydrogen (secondary N) is 1. The van der Waals surface area contributed by atoms with E-state index in [2.05, 4.69) is 15.4 Å². The zero-order valence-corrected chi connectivity index (χ0v) is 14.9. The number of nitrogens with zero attached hydrogens (tertiary/aromatic N) is 4. The van der Waals surface area contributed by atoms with E-state index in [9.17, 15) is 9.59 Å². The monoisotopic (exact) mass is 357 g/mol. The Labute approximate surface area is 150 Å². The molecule has 1 saturated carbocycles. The van der Waals surface area contributed by atoms with Crippen molar-refractivity contribution in [2.24, 2.45) is 7.05 Å². The Bertz CT molecular complexity index is 912. The maximum absolute atomic E-state index is 12.4. The second-order valence-corrected chi connectivity index (χ2v) is 7.04. The van der Waals surface area contributed by atoms with E-state index in [1.807, 2.05) is 0 Å². The van der Waals surface area contributed by atoms with Crippen LogP contribution >= 0.6 is 0 Å². The molecule has 0 amide bonds. The fourth-order valence-corrected chi connectivity index (χ4v) is 3.75. The Morgan fingerprint density at radius 3 is 2.85 bits per heavy atom. The number of aromatic nitrogens is 4. The molecular formula is C18H23N5O3. The summed E-state index contributed by atoms with van der Waals surface area (Å²) in [5.41, 5.74) is 1.72. The van der Waals surface area contributed by atoms with Gasteiger partial charge < -0.3 is 14.6 Å². The van der Waals surface area contributed by atoms with Gasteiger partial charge in [0.1, 0.15) is 0 Å². The lowest BCUT2D eigenvalue weighted by molar-refractivity contribution is 0.107. The topological polar surface area (TPSA) is 91.0 Å². The van der Waals surface area contributed by atoms with Gasteiger partial charge in [0, 0.05) is 43.5 Å². The summed E-state index contributed by atoms with van der Waals surface area (Å²) in [5, 5.41) is 7.87. The summed E-state index contributed by atoms with van der Waals surface area (Å²) in [6.45, 7) is 1.14. The highest BCUT2D eigenvalue weighted by Crippen LogP contribution is 2.28. The highest BCUT2D eigenvalue weighted by atomic mass is 16.5. The van der Waals surface area contributed by atoms with Crippen molar-refractivity contribution in [2.45, 2.75) is 50.8 Å². The zero-order valence-electron chi connectivity index (χ0n) is 14.9. The van der Waals surface area contributed by atoms with Crippen LogP contribution < -0.4 is 16.4 Å². The zero-order chi connectivity index (χ0) is 18.1. The molecule has 0 atom stereocenters. The third kappa shape index (κ3) is 3.29. The quantitative estimate of drug-likeness (QED) is 0.881. The van der Waals surface area contributed by atoms with Crippen molar-refractivity contribution in [3.8, 4) is 0 Å². The maximum Gasteiger partial charge on any atom is 0.293 e. The molecule has 1 N–H and O–H groups in total. The molecule has 3 heterocycles. The Hall–Kier alpha value is -2.48. The van der Waals surface area contributed by atoms with Gasteiger partial charge in [-0.15, -0.1) is 0 Å². The van der Waals surface area contributed by atoms with Crippen LogP contribution in [0, 0.1) is 0 Å². The first-order chi connectivity index (χ1) is 12.6. The molecule has 0 radical (unpaired) electrons. The molecule has 0 unspecified atom stereocenters. The predicted octanol–water partition coefficient (Wildman–Crippen LogP) is 1.01. The van der Waals surface area contributed by atoms with E-state index in [0.29, 0.717) is 19.0 Å². The summed E-state index contributed by atoms with van der Waals surface area (Å²) < 4.78 is 8.56. The fourth-order valence-electron chi connectivity index (χ4n) is 3.75. The standard InChI is InChI=1S/C18H23N5O3/c1-22-8-7-19-17(18(22)25)20-13-2-4-14(5-3-13)23-16(24)10-12-11-26-9-6-15(12)21-23/h7-8,10,13-14H,2-6,9,11H2,1H3,(H,19,20). The smallest absolute Gasteiger partial charge is 0.293 e. The van der Waals surface area contributed by atoms with Crippen LogP contribution in [0.5, 0.6) is 0 Å². The normalized spacial score (nSPS) is 22.7.